The summed E-state index contributed by atoms with van der Waals surface area (Å²) >= 11 is 12.0. The van der Waals surface area contributed by atoms with Crippen LogP contribution in [0.5, 0.6) is 0 Å². The molecule has 1 heterocycles. The minimum absolute atomic E-state index is 0.363. The van der Waals surface area contributed by atoms with Crippen LogP contribution in [-0.4, -0.2) is 10.1 Å². The Morgan fingerprint density at radius 2 is 1.81 bits per heavy atom. The Morgan fingerprint density at radius 1 is 1.10 bits per heavy atom. The van der Waals surface area contributed by atoms with Crippen LogP contribution in [0.1, 0.15) is 5.56 Å². The van der Waals surface area contributed by atoms with E-state index in [0.29, 0.717) is 38.6 Å². The van der Waals surface area contributed by atoms with Crippen LogP contribution in [-0.2, 0) is 0 Å². The monoisotopic (exact) mass is 319 g/mol. The van der Waals surface area contributed by atoms with Crippen LogP contribution < -0.4 is 5.73 Å². The highest BCUT2D eigenvalue weighted by Crippen LogP contribution is 2.30. The number of aryl methyl sites for hydroxylation is 1. The molecular weight excluding hydrogens is 309 g/mol. The van der Waals surface area contributed by atoms with Crippen LogP contribution in [0.25, 0.3) is 22.8 Å². The van der Waals surface area contributed by atoms with Gasteiger partial charge >= 0.3 is 0 Å². The van der Waals surface area contributed by atoms with Crippen molar-refractivity contribution in [2.75, 3.05) is 5.73 Å². The number of aromatic nitrogens is 2. The van der Waals surface area contributed by atoms with Gasteiger partial charge in [-0.1, -0.05) is 40.5 Å². The molecule has 2 aromatic carbocycles. The zero-order valence-corrected chi connectivity index (χ0v) is 12.6. The minimum atomic E-state index is 0.363. The Labute approximate surface area is 131 Å². The number of nitrogens with two attached hydrogens (primary N) is 1. The molecule has 0 atom stereocenters. The standard InChI is InChI=1S/C15H11Cl2N3O/c1-8-3-2-4-12(13(8)18)15-19-14(20-21-15)9-5-10(16)7-11(17)6-9/h2-7H,18H2,1H3. The van der Waals surface area contributed by atoms with E-state index in [1.807, 2.05) is 25.1 Å². The van der Waals surface area contributed by atoms with Gasteiger partial charge in [0.25, 0.3) is 5.89 Å². The lowest BCUT2D eigenvalue weighted by Crippen LogP contribution is -1.93. The highest BCUT2D eigenvalue weighted by atomic mass is 35.5. The maximum absolute atomic E-state index is 6.04. The summed E-state index contributed by atoms with van der Waals surface area (Å²) in [5.74, 6) is 0.776. The number of rotatable bonds is 2. The lowest BCUT2D eigenvalue weighted by molar-refractivity contribution is 0.432. The van der Waals surface area contributed by atoms with Gasteiger partial charge in [-0.3, -0.25) is 0 Å². The van der Waals surface area contributed by atoms with Gasteiger partial charge in [-0.05, 0) is 36.8 Å². The Balaban J connectivity index is 2.06. The largest absolute Gasteiger partial charge is 0.398 e. The Morgan fingerprint density at radius 3 is 2.52 bits per heavy atom. The first-order valence-corrected chi connectivity index (χ1v) is 6.96. The normalized spacial score (nSPS) is 10.8. The molecule has 0 radical (unpaired) electrons. The number of nitrogens with zero attached hydrogens (tertiary/aromatic N) is 2. The predicted molar refractivity (Wildman–Crippen MR) is 84.3 cm³/mol. The maximum atomic E-state index is 6.04. The highest BCUT2D eigenvalue weighted by Gasteiger charge is 2.14. The maximum Gasteiger partial charge on any atom is 0.260 e. The molecule has 3 aromatic rings. The summed E-state index contributed by atoms with van der Waals surface area (Å²) in [6.07, 6.45) is 0. The first-order valence-electron chi connectivity index (χ1n) is 6.20. The molecule has 0 saturated carbocycles. The number of hydrogen-bond acceptors (Lipinski definition) is 4. The average molecular weight is 320 g/mol. The molecule has 0 saturated heterocycles. The van der Waals surface area contributed by atoms with Gasteiger partial charge in [0.2, 0.25) is 5.82 Å². The van der Waals surface area contributed by atoms with E-state index in [2.05, 4.69) is 10.1 Å². The van der Waals surface area contributed by atoms with Gasteiger partial charge in [0.15, 0.2) is 0 Å². The topological polar surface area (TPSA) is 64.9 Å². The molecule has 106 valence electrons. The van der Waals surface area contributed by atoms with Crippen molar-refractivity contribution in [1.29, 1.82) is 0 Å². The number of nitrogen functional groups attached to an aromatic ring is 1. The molecule has 0 aliphatic heterocycles. The van der Waals surface area contributed by atoms with Crippen molar-refractivity contribution in [3.63, 3.8) is 0 Å². The molecule has 0 bridgehead atoms. The van der Waals surface area contributed by atoms with E-state index in [-0.39, 0.29) is 0 Å². The summed E-state index contributed by atoms with van der Waals surface area (Å²) < 4.78 is 5.29. The van der Waals surface area contributed by atoms with Gasteiger partial charge < -0.3 is 10.3 Å². The van der Waals surface area contributed by atoms with E-state index in [9.17, 15) is 0 Å². The second-order valence-corrected chi connectivity index (χ2v) is 5.49. The van der Waals surface area contributed by atoms with E-state index < -0.39 is 0 Å². The van der Waals surface area contributed by atoms with Gasteiger partial charge in [-0.25, -0.2) is 0 Å². The molecule has 1 aromatic heterocycles. The van der Waals surface area contributed by atoms with Crippen LogP contribution in [0.15, 0.2) is 40.9 Å². The Kier molecular flexibility index (Phi) is 3.57. The zero-order valence-electron chi connectivity index (χ0n) is 11.1. The lowest BCUT2D eigenvalue weighted by atomic mass is 10.1. The van der Waals surface area contributed by atoms with Crippen molar-refractivity contribution in [2.45, 2.75) is 6.92 Å². The molecular formula is C15H11Cl2N3O. The first-order chi connectivity index (χ1) is 10.0. The smallest absolute Gasteiger partial charge is 0.260 e. The summed E-state index contributed by atoms with van der Waals surface area (Å²) in [6, 6.07) is 10.7. The van der Waals surface area contributed by atoms with Crippen LogP contribution in [0, 0.1) is 6.92 Å². The molecule has 0 amide bonds. The molecule has 0 aliphatic rings. The van der Waals surface area contributed by atoms with Gasteiger partial charge in [-0.2, -0.15) is 4.98 Å². The van der Waals surface area contributed by atoms with E-state index >= 15 is 0 Å². The highest BCUT2D eigenvalue weighted by molar-refractivity contribution is 6.35. The quantitative estimate of drug-likeness (QED) is 0.701. The number of para-hydroxylation sites is 1. The van der Waals surface area contributed by atoms with Gasteiger partial charge in [0.1, 0.15) is 0 Å². The number of anilines is 1. The van der Waals surface area contributed by atoms with Crippen molar-refractivity contribution in [3.8, 4) is 22.8 Å². The molecule has 21 heavy (non-hydrogen) atoms. The van der Waals surface area contributed by atoms with Crippen LogP contribution in [0.4, 0.5) is 5.69 Å². The van der Waals surface area contributed by atoms with Crippen molar-refractivity contribution in [1.82, 2.24) is 10.1 Å². The number of hydrogen-bond donors (Lipinski definition) is 1. The van der Waals surface area contributed by atoms with Crippen LogP contribution in [0.2, 0.25) is 10.0 Å². The van der Waals surface area contributed by atoms with Crippen LogP contribution in [0.3, 0.4) is 0 Å². The summed E-state index contributed by atoms with van der Waals surface area (Å²) in [6.45, 7) is 1.92. The fourth-order valence-electron chi connectivity index (χ4n) is 2.00. The summed E-state index contributed by atoms with van der Waals surface area (Å²) in [5.41, 5.74) is 9.02. The van der Waals surface area contributed by atoms with Crippen LogP contribution >= 0.6 is 23.2 Å². The average Bonchev–Trinajstić information content (AvgIpc) is 2.90. The minimum Gasteiger partial charge on any atom is -0.398 e. The van der Waals surface area contributed by atoms with E-state index in [1.54, 1.807) is 18.2 Å². The fraction of sp³-hybridized carbons (Fsp3) is 0.0667. The van der Waals surface area contributed by atoms with Gasteiger partial charge in [-0.15, -0.1) is 0 Å². The third kappa shape index (κ3) is 2.73. The van der Waals surface area contributed by atoms with Crippen molar-refractivity contribution in [3.05, 3.63) is 52.0 Å². The SMILES string of the molecule is Cc1cccc(-c2nc(-c3cc(Cl)cc(Cl)c3)no2)c1N. The van der Waals surface area contributed by atoms with Gasteiger partial charge in [0, 0.05) is 21.3 Å². The first kappa shape index (κ1) is 13.9. The molecule has 0 aliphatic carbocycles. The fourth-order valence-corrected chi connectivity index (χ4v) is 2.53. The second-order valence-electron chi connectivity index (χ2n) is 4.62. The van der Waals surface area contributed by atoms with E-state index in [4.69, 9.17) is 33.5 Å². The third-order valence-electron chi connectivity index (χ3n) is 3.10. The second kappa shape index (κ2) is 5.39. The molecule has 4 nitrogen and oxygen atoms in total. The number of benzene rings is 2. The van der Waals surface area contributed by atoms with E-state index in [0.717, 1.165) is 5.56 Å². The van der Waals surface area contributed by atoms with Gasteiger partial charge in [0.05, 0.1) is 5.56 Å². The molecule has 6 heteroatoms. The van der Waals surface area contributed by atoms with Crippen molar-refractivity contribution >= 4 is 28.9 Å². The molecule has 0 unspecified atom stereocenters. The summed E-state index contributed by atoms with van der Waals surface area (Å²) in [5, 5.41) is 4.98. The molecule has 3 rings (SSSR count). The Bertz CT molecular complexity index is 794. The number of halogens is 2. The lowest BCUT2D eigenvalue weighted by Gasteiger charge is -2.03. The van der Waals surface area contributed by atoms with E-state index in [1.165, 1.54) is 0 Å². The third-order valence-corrected chi connectivity index (χ3v) is 3.54. The predicted octanol–water partition coefficient (Wildman–Crippen LogP) is 4.60. The Hall–Kier alpha value is -2.04. The molecule has 0 spiro atoms. The van der Waals surface area contributed by atoms with Crippen molar-refractivity contribution < 1.29 is 4.52 Å². The summed E-state index contributed by atoms with van der Waals surface area (Å²) in [7, 11) is 0. The molecule has 0 fully saturated rings. The zero-order chi connectivity index (χ0) is 15.0. The molecule has 2 N–H and O–H groups in total. The van der Waals surface area contributed by atoms with Crippen molar-refractivity contribution in [2.24, 2.45) is 0 Å². The summed E-state index contributed by atoms with van der Waals surface area (Å²) in [4.78, 5) is 4.36.